The van der Waals surface area contributed by atoms with Gasteiger partial charge >= 0.3 is 0 Å². The van der Waals surface area contributed by atoms with E-state index in [1.165, 1.54) is 38.0 Å². The van der Waals surface area contributed by atoms with Crippen molar-refractivity contribution in [1.29, 1.82) is 0 Å². The Labute approximate surface area is 252 Å². The van der Waals surface area contributed by atoms with E-state index in [2.05, 4.69) is 15.3 Å². The third-order valence-electron chi connectivity index (χ3n) is 6.43. The number of halogens is 1. The molecule has 9 nitrogen and oxygen atoms in total. The van der Waals surface area contributed by atoms with Crippen molar-refractivity contribution >= 4 is 51.8 Å². The van der Waals surface area contributed by atoms with Gasteiger partial charge < -0.3 is 5.32 Å². The van der Waals surface area contributed by atoms with Gasteiger partial charge in [-0.25, -0.2) is 4.98 Å². The number of ketones is 1. The molecule has 1 aromatic carbocycles. The number of benzene rings is 1. The second kappa shape index (κ2) is 12.0. The number of anilines is 1. The Morgan fingerprint density at radius 3 is 2.50 bits per heavy atom. The van der Waals surface area contributed by atoms with Gasteiger partial charge in [0.25, 0.3) is 11.5 Å². The second-order valence-electron chi connectivity index (χ2n) is 9.11. The van der Waals surface area contributed by atoms with Gasteiger partial charge in [0.1, 0.15) is 17.2 Å². The number of hydrogen-bond acceptors (Lipinski definition) is 9. The van der Waals surface area contributed by atoms with Gasteiger partial charge in [-0.2, -0.15) is 9.78 Å². The van der Waals surface area contributed by atoms with Gasteiger partial charge in [0.15, 0.2) is 0 Å². The van der Waals surface area contributed by atoms with Crippen LogP contribution in [0, 0.1) is 0 Å². The van der Waals surface area contributed by atoms with Crippen LogP contribution in [-0.2, 0) is 13.1 Å². The minimum absolute atomic E-state index is 0.257. The summed E-state index contributed by atoms with van der Waals surface area (Å²) in [7, 11) is 0. The largest absolute Gasteiger partial charge is 0.365 e. The Morgan fingerprint density at radius 1 is 0.976 bits per heavy atom. The SMILES string of the molecule is O=C(Cn1c(-c2cc(NCc3ccc(Cl)s3)n(C(=O)c3ccccc3)n2)c(-c2ccncc2)ccc1=O)c1cscn1. The lowest BCUT2D eigenvalue weighted by atomic mass is 10.0. The molecule has 0 bridgehead atoms. The molecule has 0 saturated heterocycles. The minimum atomic E-state index is -0.391. The van der Waals surface area contributed by atoms with Crippen LogP contribution in [-0.4, -0.2) is 36.0 Å². The van der Waals surface area contributed by atoms with Crippen LogP contribution >= 0.6 is 34.3 Å². The van der Waals surface area contributed by atoms with Crippen molar-refractivity contribution in [2.45, 2.75) is 13.1 Å². The minimum Gasteiger partial charge on any atom is -0.365 e. The van der Waals surface area contributed by atoms with Crippen molar-refractivity contribution in [2.75, 3.05) is 5.32 Å². The van der Waals surface area contributed by atoms with E-state index in [1.54, 1.807) is 59.7 Å². The Bertz CT molecular complexity index is 1930. The summed E-state index contributed by atoms with van der Waals surface area (Å²) in [5.74, 6) is -0.265. The van der Waals surface area contributed by atoms with Crippen LogP contribution < -0.4 is 10.9 Å². The number of nitrogens with one attached hydrogen (secondary N) is 1. The zero-order valence-corrected chi connectivity index (χ0v) is 24.2. The highest BCUT2D eigenvalue weighted by molar-refractivity contribution is 7.16. The van der Waals surface area contributed by atoms with Crippen LogP contribution in [0.5, 0.6) is 0 Å². The van der Waals surface area contributed by atoms with Gasteiger partial charge in [0.2, 0.25) is 5.78 Å². The summed E-state index contributed by atoms with van der Waals surface area (Å²) >= 11 is 8.85. The van der Waals surface area contributed by atoms with Crippen molar-refractivity contribution in [3.8, 4) is 22.5 Å². The van der Waals surface area contributed by atoms with Gasteiger partial charge in [-0.1, -0.05) is 29.8 Å². The molecule has 12 heteroatoms. The van der Waals surface area contributed by atoms with Gasteiger partial charge in [-0.05, 0) is 48.0 Å². The Hall–Kier alpha value is -4.71. The summed E-state index contributed by atoms with van der Waals surface area (Å²) in [6, 6.07) is 20.9. The fourth-order valence-electron chi connectivity index (χ4n) is 4.46. The molecule has 0 amide bonds. The quantitative estimate of drug-likeness (QED) is 0.196. The molecule has 0 atom stereocenters. The van der Waals surface area contributed by atoms with Crippen molar-refractivity contribution in [2.24, 2.45) is 0 Å². The Morgan fingerprint density at radius 2 is 1.79 bits per heavy atom. The van der Waals surface area contributed by atoms with E-state index < -0.39 is 5.56 Å². The zero-order chi connectivity index (χ0) is 29.1. The van der Waals surface area contributed by atoms with E-state index in [1.807, 2.05) is 30.3 Å². The summed E-state index contributed by atoms with van der Waals surface area (Å²) in [6.45, 7) is 0.137. The molecule has 42 heavy (non-hydrogen) atoms. The summed E-state index contributed by atoms with van der Waals surface area (Å²) < 4.78 is 3.31. The molecule has 0 aliphatic carbocycles. The number of thiazole rings is 1. The highest BCUT2D eigenvalue weighted by Crippen LogP contribution is 2.33. The highest BCUT2D eigenvalue weighted by Gasteiger charge is 2.23. The molecular formula is C30H21ClN6O3S2. The molecule has 208 valence electrons. The first kappa shape index (κ1) is 27.5. The highest BCUT2D eigenvalue weighted by atomic mass is 35.5. The molecule has 0 fully saturated rings. The molecule has 5 heterocycles. The van der Waals surface area contributed by atoms with Crippen molar-refractivity contribution < 1.29 is 9.59 Å². The molecule has 0 unspecified atom stereocenters. The normalized spacial score (nSPS) is 11.0. The first-order chi connectivity index (χ1) is 20.5. The van der Waals surface area contributed by atoms with Gasteiger partial charge in [0.05, 0.1) is 28.6 Å². The van der Waals surface area contributed by atoms with Crippen molar-refractivity contribution in [3.05, 3.63) is 127 Å². The molecule has 6 rings (SSSR count). The molecule has 5 aromatic heterocycles. The maximum absolute atomic E-state index is 13.7. The summed E-state index contributed by atoms with van der Waals surface area (Å²) in [5, 5.41) is 9.66. The fraction of sp³-hybridized carbons (Fsp3) is 0.0667. The summed E-state index contributed by atoms with van der Waals surface area (Å²) in [5.41, 5.74) is 4.03. The zero-order valence-electron chi connectivity index (χ0n) is 21.8. The number of pyridine rings is 2. The molecule has 6 aromatic rings. The molecular weight excluding hydrogens is 592 g/mol. The van der Waals surface area contributed by atoms with E-state index in [9.17, 15) is 14.4 Å². The van der Waals surface area contributed by atoms with Crippen LogP contribution in [0.4, 0.5) is 5.82 Å². The predicted molar refractivity (Wildman–Crippen MR) is 164 cm³/mol. The van der Waals surface area contributed by atoms with Crippen LogP contribution in [0.3, 0.4) is 0 Å². The first-order valence-electron chi connectivity index (χ1n) is 12.7. The Balaban J connectivity index is 1.51. The van der Waals surface area contributed by atoms with Crippen LogP contribution in [0.1, 0.15) is 25.7 Å². The third-order valence-corrected chi connectivity index (χ3v) is 8.25. The molecule has 0 spiro atoms. The molecule has 0 aliphatic heterocycles. The summed E-state index contributed by atoms with van der Waals surface area (Å²) in [4.78, 5) is 49.3. The second-order valence-corrected chi connectivity index (χ2v) is 11.6. The number of nitrogens with zero attached hydrogens (tertiary/aromatic N) is 5. The number of thiophene rings is 1. The molecule has 0 aliphatic rings. The lowest BCUT2D eigenvalue weighted by Gasteiger charge is -2.15. The number of rotatable bonds is 9. The standard InChI is InChI=1S/C30H21ClN6O3S2/c31-26-8-6-21(42-26)15-33-27-14-23(35-37(27)30(40)20-4-2-1-3-5-20)29-22(19-10-12-32-13-11-19)7-9-28(39)36(29)16-25(38)24-17-41-18-34-24/h1-14,17-18,33H,15-16H2. The smallest absolute Gasteiger partial charge is 0.280 e. The van der Waals surface area contributed by atoms with Gasteiger partial charge in [-0.15, -0.1) is 22.7 Å². The lowest BCUT2D eigenvalue weighted by Crippen LogP contribution is -2.26. The number of aromatic nitrogens is 5. The van der Waals surface area contributed by atoms with E-state index in [0.717, 1.165) is 10.4 Å². The van der Waals surface area contributed by atoms with Crippen LogP contribution in [0.15, 0.2) is 101 Å². The predicted octanol–water partition coefficient (Wildman–Crippen LogP) is 6.13. The topological polar surface area (TPSA) is 112 Å². The van der Waals surface area contributed by atoms with E-state index >= 15 is 0 Å². The number of carbonyl (C=O) groups excluding carboxylic acids is 2. The van der Waals surface area contributed by atoms with Crippen molar-refractivity contribution in [1.82, 2.24) is 24.3 Å². The van der Waals surface area contributed by atoms with E-state index in [4.69, 9.17) is 16.7 Å². The molecule has 1 N–H and O–H groups in total. The van der Waals surface area contributed by atoms with Crippen LogP contribution in [0.2, 0.25) is 4.34 Å². The average molecular weight is 613 g/mol. The van der Waals surface area contributed by atoms with Crippen LogP contribution in [0.25, 0.3) is 22.5 Å². The van der Waals surface area contributed by atoms with Gasteiger partial charge in [0, 0.05) is 45.9 Å². The molecule has 0 saturated carbocycles. The molecule has 0 radical (unpaired) electrons. The third kappa shape index (κ3) is 5.70. The van der Waals surface area contributed by atoms with Gasteiger partial charge in [-0.3, -0.25) is 23.9 Å². The Kier molecular flexibility index (Phi) is 7.87. The maximum Gasteiger partial charge on any atom is 0.280 e. The average Bonchev–Trinajstić information content (AvgIpc) is 3.79. The monoisotopic (exact) mass is 612 g/mol. The number of hydrogen-bond donors (Lipinski definition) is 1. The maximum atomic E-state index is 13.7. The number of Topliss-reactive ketones (excluding diaryl/α,β-unsaturated/α-hetero) is 1. The van der Waals surface area contributed by atoms with E-state index in [0.29, 0.717) is 39.2 Å². The van der Waals surface area contributed by atoms with E-state index in [-0.39, 0.29) is 23.9 Å². The number of carbonyl (C=O) groups is 2. The van der Waals surface area contributed by atoms with Crippen molar-refractivity contribution in [3.63, 3.8) is 0 Å². The summed E-state index contributed by atoms with van der Waals surface area (Å²) in [6.07, 6.45) is 3.29. The first-order valence-corrected chi connectivity index (χ1v) is 14.9. The lowest BCUT2D eigenvalue weighted by molar-refractivity contribution is 0.0944. The fourth-order valence-corrected chi connectivity index (χ4v) is 6.04.